The molecule has 0 spiro atoms. The summed E-state index contributed by atoms with van der Waals surface area (Å²) in [6.45, 7) is 1.55. The molecule has 0 aromatic heterocycles. The Balaban J connectivity index is 2.11. The minimum absolute atomic E-state index is 0.0109. The Morgan fingerprint density at radius 3 is 2.35 bits per heavy atom. The summed E-state index contributed by atoms with van der Waals surface area (Å²) < 4.78 is 30.6. The van der Waals surface area contributed by atoms with Crippen LogP contribution in [0.1, 0.15) is 17.3 Å². The molecule has 2 rings (SSSR count). The van der Waals surface area contributed by atoms with Crippen LogP contribution in [0.2, 0.25) is 0 Å². The van der Waals surface area contributed by atoms with Gasteiger partial charge in [0.1, 0.15) is 5.75 Å². The van der Waals surface area contributed by atoms with Crippen molar-refractivity contribution in [2.24, 2.45) is 0 Å². The van der Waals surface area contributed by atoms with Gasteiger partial charge in [-0.1, -0.05) is 12.1 Å². The normalized spacial score (nSPS) is 10.9. The van der Waals surface area contributed by atoms with Crippen molar-refractivity contribution in [3.63, 3.8) is 0 Å². The zero-order valence-corrected chi connectivity index (χ0v) is 13.7. The molecule has 0 aliphatic rings. The van der Waals surface area contributed by atoms with Crippen LogP contribution in [0.5, 0.6) is 5.75 Å². The first-order chi connectivity index (χ1) is 10.9. The van der Waals surface area contributed by atoms with Gasteiger partial charge in [0.25, 0.3) is 5.91 Å². The fourth-order valence-electron chi connectivity index (χ4n) is 1.88. The van der Waals surface area contributed by atoms with Crippen molar-refractivity contribution in [2.75, 3.05) is 22.9 Å². The van der Waals surface area contributed by atoms with Crippen LogP contribution in [0.15, 0.2) is 48.5 Å². The predicted octanol–water partition coefficient (Wildman–Crippen LogP) is 2.71. The van der Waals surface area contributed by atoms with Crippen LogP contribution in [0.25, 0.3) is 0 Å². The van der Waals surface area contributed by atoms with Gasteiger partial charge in [0.15, 0.2) is 0 Å². The minimum Gasteiger partial charge on any atom is -0.495 e. The maximum Gasteiger partial charge on any atom is 0.255 e. The summed E-state index contributed by atoms with van der Waals surface area (Å²) in [4.78, 5) is 12.2. The van der Waals surface area contributed by atoms with Crippen LogP contribution in [0.4, 0.5) is 11.4 Å². The van der Waals surface area contributed by atoms with Crippen LogP contribution in [-0.4, -0.2) is 27.2 Å². The van der Waals surface area contributed by atoms with E-state index in [0.29, 0.717) is 22.7 Å². The Kier molecular flexibility index (Phi) is 5.23. The minimum atomic E-state index is -3.33. The van der Waals surface area contributed by atoms with Gasteiger partial charge in [-0.2, -0.15) is 0 Å². The van der Waals surface area contributed by atoms with Crippen molar-refractivity contribution < 1.29 is 17.9 Å². The third kappa shape index (κ3) is 4.46. The molecule has 0 bridgehead atoms. The molecule has 0 radical (unpaired) electrons. The van der Waals surface area contributed by atoms with Crippen LogP contribution < -0.4 is 14.8 Å². The summed E-state index contributed by atoms with van der Waals surface area (Å²) in [5.41, 5.74) is 1.40. The van der Waals surface area contributed by atoms with E-state index in [-0.39, 0.29) is 11.7 Å². The number of anilines is 2. The molecule has 1 amide bonds. The summed E-state index contributed by atoms with van der Waals surface area (Å²) >= 11 is 0. The lowest BCUT2D eigenvalue weighted by molar-refractivity contribution is 0.102. The van der Waals surface area contributed by atoms with Gasteiger partial charge in [0.2, 0.25) is 10.0 Å². The van der Waals surface area contributed by atoms with Crippen molar-refractivity contribution >= 4 is 27.3 Å². The molecule has 7 heteroatoms. The Hall–Kier alpha value is -2.54. The van der Waals surface area contributed by atoms with Crippen molar-refractivity contribution in [1.82, 2.24) is 0 Å². The number of sulfonamides is 1. The van der Waals surface area contributed by atoms with Crippen LogP contribution in [0.3, 0.4) is 0 Å². The first-order valence-electron chi connectivity index (χ1n) is 7.00. The quantitative estimate of drug-likeness (QED) is 0.850. The van der Waals surface area contributed by atoms with E-state index in [1.165, 1.54) is 7.11 Å². The zero-order valence-electron chi connectivity index (χ0n) is 12.9. The molecule has 23 heavy (non-hydrogen) atoms. The Morgan fingerprint density at radius 2 is 1.74 bits per heavy atom. The molecule has 0 aliphatic heterocycles. The molecule has 0 heterocycles. The van der Waals surface area contributed by atoms with E-state index >= 15 is 0 Å². The number of benzene rings is 2. The average molecular weight is 334 g/mol. The van der Waals surface area contributed by atoms with E-state index in [1.807, 2.05) is 6.07 Å². The number of hydrogen-bond donors (Lipinski definition) is 2. The monoisotopic (exact) mass is 334 g/mol. The fourth-order valence-corrected chi connectivity index (χ4v) is 2.52. The molecule has 122 valence electrons. The summed E-state index contributed by atoms with van der Waals surface area (Å²) in [6, 6.07) is 13.3. The van der Waals surface area contributed by atoms with Crippen molar-refractivity contribution in [3.8, 4) is 5.75 Å². The van der Waals surface area contributed by atoms with Gasteiger partial charge in [0, 0.05) is 11.3 Å². The highest BCUT2D eigenvalue weighted by molar-refractivity contribution is 7.92. The second-order valence-corrected chi connectivity index (χ2v) is 6.75. The fraction of sp³-hybridized carbons (Fsp3) is 0.188. The van der Waals surface area contributed by atoms with Crippen LogP contribution in [-0.2, 0) is 10.0 Å². The second kappa shape index (κ2) is 7.15. The van der Waals surface area contributed by atoms with E-state index in [4.69, 9.17) is 4.74 Å². The first kappa shape index (κ1) is 16.8. The molecule has 0 unspecified atom stereocenters. The molecule has 0 saturated heterocycles. The van der Waals surface area contributed by atoms with Gasteiger partial charge < -0.3 is 10.1 Å². The Bertz CT molecular complexity index is 786. The second-order valence-electron chi connectivity index (χ2n) is 4.74. The summed E-state index contributed by atoms with van der Waals surface area (Å²) in [7, 11) is -1.80. The van der Waals surface area contributed by atoms with E-state index < -0.39 is 10.0 Å². The maximum atomic E-state index is 12.2. The van der Waals surface area contributed by atoms with Gasteiger partial charge in [-0.15, -0.1) is 0 Å². The Labute approximate surface area is 135 Å². The smallest absolute Gasteiger partial charge is 0.255 e. The molecular formula is C16H18N2O4S. The lowest BCUT2D eigenvalue weighted by Crippen LogP contribution is -2.15. The van der Waals surface area contributed by atoms with Gasteiger partial charge in [-0.3, -0.25) is 9.52 Å². The number of para-hydroxylation sites is 2. The van der Waals surface area contributed by atoms with E-state index in [0.717, 1.165) is 0 Å². The van der Waals surface area contributed by atoms with Gasteiger partial charge in [0.05, 0.1) is 18.6 Å². The molecule has 0 aliphatic carbocycles. The molecule has 2 N–H and O–H groups in total. The van der Waals surface area contributed by atoms with Gasteiger partial charge in [-0.25, -0.2) is 8.42 Å². The standard InChI is InChI=1S/C16H18N2O4S/c1-3-23(20,21)18-13-10-8-12(9-11-13)16(19)17-14-6-4-5-7-15(14)22-2/h4-11,18H,3H2,1-2H3,(H,17,19). The third-order valence-corrected chi connectivity index (χ3v) is 4.46. The first-order valence-corrected chi connectivity index (χ1v) is 8.65. The predicted molar refractivity (Wildman–Crippen MR) is 90.5 cm³/mol. The molecule has 6 nitrogen and oxygen atoms in total. The number of nitrogens with one attached hydrogen (secondary N) is 2. The van der Waals surface area contributed by atoms with E-state index in [1.54, 1.807) is 49.4 Å². The lowest BCUT2D eigenvalue weighted by atomic mass is 10.2. The van der Waals surface area contributed by atoms with E-state index in [9.17, 15) is 13.2 Å². The molecule has 2 aromatic carbocycles. The molecule has 0 atom stereocenters. The number of amides is 1. The maximum absolute atomic E-state index is 12.2. The van der Waals surface area contributed by atoms with Crippen LogP contribution >= 0.6 is 0 Å². The highest BCUT2D eigenvalue weighted by Crippen LogP contribution is 2.23. The number of methoxy groups -OCH3 is 1. The largest absolute Gasteiger partial charge is 0.495 e. The van der Waals surface area contributed by atoms with Gasteiger partial charge in [-0.05, 0) is 43.3 Å². The molecule has 0 fully saturated rings. The number of carbonyl (C=O) groups excluding carboxylic acids is 1. The van der Waals surface area contributed by atoms with Gasteiger partial charge >= 0.3 is 0 Å². The molecule has 2 aromatic rings. The van der Waals surface area contributed by atoms with Crippen LogP contribution in [0, 0.1) is 0 Å². The SMILES string of the molecule is CCS(=O)(=O)Nc1ccc(C(=O)Nc2ccccc2OC)cc1. The highest BCUT2D eigenvalue weighted by Gasteiger charge is 2.11. The highest BCUT2D eigenvalue weighted by atomic mass is 32.2. The number of rotatable bonds is 6. The average Bonchev–Trinajstić information content (AvgIpc) is 2.55. The number of ether oxygens (including phenoxy) is 1. The van der Waals surface area contributed by atoms with Crippen molar-refractivity contribution in [2.45, 2.75) is 6.92 Å². The van der Waals surface area contributed by atoms with Crippen molar-refractivity contribution in [1.29, 1.82) is 0 Å². The summed E-state index contributed by atoms with van der Waals surface area (Å²) in [5, 5.41) is 2.75. The zero-order chi connectivity index (χ0) is 16.9. The topological polar surface area (TPSA) is 84.5 Å². The summed E-state index contributed by atoms with van der Waals surface area (Å²) in [5.74, 6) is 0.246. The Morgan fingerprint density at radius 1 is 1.09 bits per heavy atom. The third-order valence-electron chi connectivity index (χ3n) is 3.16. The lowest BCUT2D eigenvalue weighted by Gasteiger charge is -2.10. The van der Waals surface area contributed by atoms with Crippen molar-refractivity contribution in [3.05, 3.63) is 54.1 Å². The number of hydrogen-bond acceptors (Lipinski definition) is 4. The van der Waals surface area contributed by atoms with E-state index in [2.05, 4.69) is 10.0 Å². The summed E-state index contributed by atoms with van der Waals surface area (Å²) in [6.07, 6.45) is 0. The number of carbonyl (C=O) groups is 1. The molecule has 0 saturated carbocycles. The molecular weight excluding hydrogens is 316 g/mol.